The van der Waals surface area contributed by atoms with Crippen LogP contribution in [0.15, 0.2) is 0 Å². The molecule has 0 unspecified atom stereocenters. The Hall–Kier alpha value is -0.570. The Kier molecular flexibility index (Phi) is 4.22. The van der Waals surface area contributed by atoms with Crippen LogP contribution < -0.4 is 5.73 Å². The summed E-state index contributed by atoms with van der Waals surface area (Å²) in [5.41, 5.74) is 5.40. The average Bonchev–Trinajstić information content (AvgIpc) is 2.87. The summed E-state index contributed by atoms with van der Waals surface area (Å²) in [6, 6.07) is 0.0311. The van der Waals surface area contributed by atoms with E-state index in [0.717, 1.165) is 31.8 Å². The highest BCUT2D eigenvalue weighted by molar-refractivity contribution is 5.80. The molecule has 0 bridgehead atoms. The van der Waals surface area contributed by atoms with E-state index in [2.05, 4.69) is 4.90 Å². The van der Waals surface area contributed by atoms with Gasteiger partial charge in [-0.1, -0.05) is 25.7 Å². The molecule has 0 radical (unpaired) electrons. The van der Waals surface area contributed by atoms with Crippen LogP contribution in [0.2, 0.25) is 0 Å². The molecule has 16 heavy (non-hydrogen) atoms. The summed E-state index contributed by atoms with van der Waals surface area (Å²) >= 11 is 0. The van der Waals surface area contributed by atoms with Crippen LogP contribution >= 0.6 is 0 Å². The summed E-state index contributed by atoms with van der Waals surface area (Å²) in [4.78, 5) is 13.5. The van der Waals surface area contributed by atoms with E-state index in [1.165, 1.54) is 38.5 Å². The van der Waals surface area contributed by atoms with Crippen molar-refractivity contribution in [1.29, 1.82) is 0 Å². The highest BCUT2D eigenvalue weighted by Gasteiger charge is 2.28. The van der Waals surface area contributed by atoms with Gasteiger partial charge in [0, 0.05) is 0 Å². The first-order valence-electron chi connectivity index (χ1n) is 6.81. The van der Waals surface area contributed by atoms with E-state index in [0.29, 0.717) is 0 Å². The van der Waals surface area contributed by atoms with E-state index in [1.807, 2.05) is 0 Å². The Balaban J connectivity index is 1.66. The fourth-order valence-corrected chi connectivity index (χ4v) is 3.30. The Bertz CT molecular complexity index is 236. The largest absolute Gasteiger partial charge is 0.368 e. The first-order valence-corrected chi connectivity index (χ1v) is 6.81. The quantitative estimate of drug-likeness (QED) is 0.775. The van der Waals surface area contributed by atoms with Gasteiger partial charge in [-0.15, -0.1) is 0 Å². The van der Waals surface area contributed by atoms with Gasteiger partial charge >= 0.3 is 0 Å². The first-order chi connectivity index (χ1) is 7.77. The second-order valence-corrected chi connectivity index (χ2v) is 5.39. The van der Waals surface area contributed by atoms with Gasteiger partial charge in [0.1, 0.15) is 0 Å². The van der Waals surface area contributed by atoms with Crippen molar-refractivity contribution in [3.63, 3.8) is 0 Å². The van der Waals surface area contributed by atoms with E-state index < -0.39 is 0 Å². The van der Waals surface area contributed by atoms with E-state index in [9.17, 15) is 4.79 Å². The van der Waals surface area contributed by atoms with Crippen LogP contribution in [0.3, 0.4) is 0 Å². The van der Waals surface area contributed by atoms with Crippen LogP contribution in [0.4, 0.5) is 0 Å². The van der Waals surface area contributed by atoms with Crippen molar-refractivity contribution in [2.75, 3.05) is 13.1 Å². The SMILES string of the molecule is NC(=O)[C@@H]1CCCN1CCCC1CCCC1. The van der Waals surface area contributed by atoms with Crippen molar-refractivity contribution in [3.05, 3.63) is 0 Å². The minimum absolute atomic E-state index is 0.0311. The highest BCUT2D eigenvalue weighted by Crippen LogP contribution is 2.29. The van der Waals surface area contributed by atoms with Gasteiger partial charge in [-0.05, 0) is 44.7 Å². The maximum Gasteiger partial charge on any atom is 0.234 e. The molecular formula is C13H24N2O. The van der Waals surface area contributed by atoms with E-state index in [1.54, 1.807) is 0 Å². The number of hydrogen-bond acceptors (Lipinski definition) is 2. The average molecular weight is 224 g/mol. The first kappa shape index (κ1) is 11.9. The van der Waals surface area contributed by atoms with Gasteiger partial charge in [0.25, 0.3) is 0 Å². The molecule has 1 heterocycles. The molecule has 0 spiro atoms. The molecule has 3 heteroatoms. The molecule has 0 aromatic rings. The zero-order valence-corrected chi connectivity index (χ0v) is 10.2. The Labute approximate surface area is 98.4 Å². The molecule has 2 N–H and O–H groups in total. The van der Waals surface area contributed by atoms with Crippen molar-refractivity contribution in [2.45, 2.75) is 57.4 Å². The van der Waals surface area contributed by atoms with Crippen LogP contribution in [0.1, 0.15) is 51.4 Å². The molecule has 1 atom stereocenters. The fraction of sp³-hybridized carbons (Fsp3) is 0.923. The maximum absolute atomic E-state index is 11.2. The predicted molar refractivity (Wildman–Crippen MR) is 65.0 cm³/mol. The number of nitrogens with two attached hydrogens (primary N) is 1. The van der Waals surface area contributed by atoms with Gasteiger partial charge in [-0.2, -0.15) is 0 Å². The fourth-order valence-electron chi connectivity index (χ4n) is 3.30. The van der Waals surface area contributed by atoms with Crippen LogP contribution in [-0.4, -0.2) is 29.9 Å². The minimum atomic E-state index is -0.127. The van der Waals surface area contributed by atoms with Crippen LogP contribution in [0, 0.1) is 5.92 Å². The smallest absolute Gasteiger partial charge is 0.234 e. The lowest BCUT2D eigenvalue weighted by atomic mass is 10.0. The van der Waals surface area contributed by atoms with Gasteiger partial charge in [0.05, 0.1) is 6.04 Å². The Morgan fingerprint density at radius 1 is 1.19 bits per heavy atom. The summed E-state index contributed by atoms with van der Waals surface area (Å²) in [5, 5.41) is 0. The van der Waals surface area contributed by atoms with Crippen molar-refractivity contribution in [1.82, 2.24) is 4.90 Å². The van der Waals surface area contributed by atoms with Gasteiger partial charge in [0.2, 0.25) is 5.91 Å². The Morgan fingerprint density at radius 2 is 1.94 bits per heavy atom. The number of rotatable bonds is 5. The maximum atomic E-state index is 11.2. The monoisotopic (exact) mass is 224 g/mol. The third kappa shape index (κ3) is 2.97. The number of likely N-dealkylation sites (tertiary alicyclic amines) is 1. The molecule has 1 aliphatic heterocycles. The summed E-state index contributed by atoms with van der Waals surface area (Å²) in [6.45, 7) is 2.14. The number of nitrogens with zero attached hydrogens (tertiary/aromatic N) is 1. The number of primary amides is 1. The third-order valence-electron chi connectivity index (χ3n) is 4.22. The van der Waals surface area contributed by atoms with Crippen molar-refractivity contribution < 1.29 is 4.79 Å². The van der Waals surface area contributed by atoms with Crippen LogP contribution in [-0.2, 0) is 4.79 Å². The molecule has 3 nitrogen and oxygen atoms in total. The molecule has 2 fully saturated rings. The van der Waals surface area contributed by atoms with Gasteiger partial charge < -0.3 is 5.73 Å². The number of carbonyl (C=O) groups is 1. The molecule has 0 aromatic heterocycles. The van der Waals surface area contributed by atoms with E-state index in [4.69, 9.17) is 5.73 Å². The summed E-state index contributed by atoms with van der Waals surface area (Å²) in [7, 11) is 0. The predicted octanol–water partition coefficient (Wildman–Crippen LogP) is 1.91. The molecule has 0 aromatic carbocycles. The molecular weight excluding hydrogens is 200 g/mol. The highest BCUT2D eigenvalue weighted by atomic mass is 16.1. The molecule has 1 amide bonds. The molecule has 2 aliphatic rings. The topological polar surface area (TPSA) is 46.3 Å². The van der Waals surface area contributed by atoms with Gasteiger partial charge in [0.15, 0.2) is 0 Å². The second kappa shape index (κ2) is 5.67. The number of amides is 1. The molecule has 2 rings (SSSR count). The van der Waals surface area contributed by atoms with Crippen molar-refractivity contribution >= 4 is 5.91 Å². The standard InChI is InChI=1S/C13H24N2O/c14-13(16)12-8-4-10-15(12)9-3-7-11-5-1-2-6-11/h11-12H,1-10H2,(H2,14,16)/t12-/m0/s1. The van der Waals surface area contributed by atoms with E-state index >= 15 is 0 Å². The van der Waals surface area contributed by atoms with E-state index in [-0.39, 0.29) is 11.9 Å². The Morgan fingerprint density at radius 3 is 2.62 bits per heavy atom. The lowest BCUT2D eigenvalue weighted by molar-refractivity contribution is -0.122. The van der Waals surface area contributed by atoms with Crippen molar-refractivity contribution in [2.24, 2.45) is 11.7 Å². The molecule has 1 saturated heterocycles. The summed E-state index contributed by atoms with van der Waals surface area (Å²) in [5.74, 6) is 0.841. The zero-order valence-electron chi connectivity index (χ0n) is 10.2. The lowest BCUT2D eigenvalue weighted by Crippen LogP contribution is -2.40. The third-order valence-corrected chi connectivity index (χ3v) is 4.22. The number of carbonyl (C=O) groups excluding carboxylic acids is 1. The second-order valence-electron chi connectivity index (χ2n) is 5.39. The minimum Gasteiger partial charge on any atom is -0.368 e. The molecule has 1 aliphatic carbocycles. The number of hydrogen-bond donors (Lipinski definition) is 1. The van der Waals surface area contributed by atoms with Crippen LogP contribution in [0.5, 0.6) is 0 Å². The lowest BCUT2D eigenvalue weighted by Gasteiger charge is -2.22. The molecule has 92 valence electrons. The summed E-state index contributed by atoms with van der Waals surface area (Å²) in [6.07, 6.45) is 10.4. The van der Waals surface area contributed by atoms with Gasteiger partial charge in [-0.25, -0.2) is 0 Å². The van der Waals surface area contributed by atoms with Crippen molar-refractivity contribution in [3.8, 4) is 0 Å². The van der Waals surface area contributed by atoms with Gasteiger partial charge in [-0.3, -0.25) is 9.69 Å². The normalized spacial score (nSPS) is 27.6. The zero-order chi connectivity index (χ0) is 11.4. The molecule has 1 saturated carbocycles. The summed E-state index contributed by atoms with van der Waals surface area (Å²) < 4.78 is 0. The van der Waals surface area contributed by atoms with Crippen LogP contribution in [0.25, 0.3) is 0 Å².